The van der Waals surface area contributed by atoms with E-state index in [-0.39, 0.29) is 24.4 Å². The first-order valence-corrected chi connectivity index (χ1v) is 8.17. The second kappa shape index (κ2) is 9.06. The second-order valence-electron chi connectivity index (χ2n) is 4.88. The van der Waals surface area contributed by atoms with Crippen molar-refractivity contribution in [2.24, 2.45) is 0 Å². The molecular formula is C15H19ClLiO3P. The van der Waals surface area contributed by atoms with Crippen molar-refractivity contribution in [1.29, 1.82) is 0 Å². The number of carbonyl (C=O) groups excluding carboxylic acids is 1. The van der Waals surface area contributed by atoms with Gasteiger partial charge in [0.1, 0.15) is 11.5 Å². The van der Waals surface area contributed by atoms with Crippen LogP contribution in [-0.4, -0.2) is 25.4 Å². The zero-order valence-corrected chi connectivity index (χ0v) is 14.5. The molecule has 1 fully saturated rings. The number of carbonyl (C=O) groups is 1. The molecule has 1 aromatic rings. The van der Waals surface area contributed by atoms with E-state index in [0.717, 1.165) is 21.4 Å². The first-order valence-electron chi connectivity index (χ1n) is 6.83. The molecule has 6 heteroatoms. The Morgan fingerprint density at radius 1 is 1.19 bits per heavy atom. The summed E-state index contributed by atoms with van der Waals surface area (Å²) in [5.41, 5.74) is 0.951. The molecule has 0 aromatic heterocycles. The van der Waals surface area contributed by atoms with Crippen LogP contribution in [0, 0.1) is 0 Å². The van der Waals surface area contributed by atoms with E-state index in [1.165, 1.54) is 26.4 Å². The Morgan fingerprint density at radius 3 is 2.43 bits per heavy atom. The number of methoxy groups -OCH3 is 2. The Balaban J connectivity index is 0.00000220. The Bertz CT molecular complexity index is 490. The number of ether oxygens (including phenoxy) is 2. The van der Waals surface area contributed by atoms with Crippen LogP contribution >= 0.6 is 20.2 Å². The average molecular weight is 321 g/mol. The molecule has 1 aliphatic carbocycles. The van der Waals surface area contributed by atoms with E-state index in [2.05, 4.69) is 0 Å². The molecule has 0 bridgehead atoms. The maximum absolute atomic E-state index is 12.6. The number of hydrogen-bond donors (Lipinski definition) is 0. The van der Waals surface area contributed by atoms with E-state index in [1.807, 2.05) is 0 Å². The van der Waals surface area contributed by atoms with Crippen molar-refractivity contribution in [3.63, 3.8) is 0 Å². The number of hydrogen-bond acceptors (Lipinski definition) is 3. The zero-order chi connectivity index (χ0) is 14.5. The van der Waals surface area contributed by atoms with Gasteiger partial charge in [-0.2, -0.15) is 5.66 Å². The van der Waals surface area contributed by atoms with Crippen molar-refractivity contribution in [1.82, 2.24) is 0 Å². The molecular weight excluding hydrogens is 302 g/mol. The summed E-state index contributed by atoms with van der Waals surface area (Å²) >= 11 is 6.11. The fourth-order valence-electron chi connectivity index (χ4n) is 2.55. The molecule has 0 spiro atoms. The molecule has 1 aliphatic rings. The van der Waals surface area contributed by atoms with Gasteiger partial charge in [0.2, 0.25) is 0 Å². The summed E-state index contributed by atoms with van der Waals surface area (Å²) in [6, 6.07) is 3.40. The minimum atomic E-state index is 0. The minimum absolute atomic E-state index is 0. The summed E-state index contributed by atoms with van der Waals surface area (Å²) in [7, 11) is 3.90. The molecule has 1 aromatic carbocycles. The van der Waals surface area contributed by atoms with Gasteiger partial charge in [-0.25, -0.2) is 0 Å². The van der Waals surface area contributed by atoms with Crippen molar-refractivity contribution in [3.05, 3.63) is 22.7 Å². The maximum Gasteiger partial charge on any atom is 1.00 e. The Morgan fingerprint density at radius 2 is 1.86 bits per heavy atom. The van der Waals surface area contributed by atoms with Gasteiger partial charge in [-0.15, -0.1) is 0 Å². The third kappa shape index (κ3) is 4.64. The van der Waals surface area contributed by atoms with Crippen molar-refractivity contribution >= 4 is 25.7 Å². The van der Waals surface area contributed by atoms with E-state index in [1.54, 1.807) is 19.2 Å². The summed E-state index contributed by atoms with van der Waals surface area (Å²) in [6.07, 6.45) is 5.96. The molecule has 0 atom stereocenters. The van der Waals surface area contributed by atoms with Crippen LogP contribution in [0.3, 0.4) is 0 Å². The molecule has 0 N–H and O–H groups in total. The van der Waals surface area contributed by atoms with E-state index < -0.39 is 0 Å². The fraction of sp³-hybridized carbons (Fsp3) is 0.533. The molecule has 1 saturated carbocycles. The normalized spacial score (nSPS) is 15.8. The smallest absolute Gasteiger partial charge is 0.496 e. The summed E-state index contributed by atoms with van der Waals surface area (Å²) in [5, 5.41) is 0.440. The van der Waals surface area contributed by atoms with Gasteiger partial charge < -0.3 is 22.8 Å². The minimum Gasteiger partial charge on any atom is -0.496 e. The fourth-order valence-corrected chi connectivity index (χ4v) is 4.08. The second-order valence-corrected chi connectivity index (χ2v) is 6.69. The molecule has 0 saturated heterocycles. The maximum atomic E-state index is 12.6. The van der Waals surface area contributed by atoms with Crippen LogP contribution in [-0.2, 0) is 0 Å². The van der Waals surface area contributed by atoms with E-state index in [4.69, 9.17) is 21.1 Å². The van der Waals surface area contributed by atoms with Gasteiger partial charge in [0, 0.05) is 5.52 Å². The number of rotatable bonds is 5. The van der Waals surface area contributed by atoms with Gasteiger partial charge in [-0.05, 0) is 12.1 Å². The largest absolute Gasteiger partial charge is 1.00 e. The first kappa shape index (κ1) is 18.9. The van der Waals surface area contributed by atoms with Crippen LogP contribution in [0.4, 0.5) is 0 Å². The van der Waals surface area contributed by atoms with Crippen molar-refractivity contribution < 1.29 is 33.1 Å². The molecule has 0 heterocycles. The molecule has 0 aliphatic heterocycles. The topological polar surface area (TPSA) is 35.5 Å². The average Bonchev–Trinajstić information content (AvgIpc) is 2.47. The monoisotopic (exact) mass is 320 g/mol. The zero-order valence-electron chi connectivity index (χ0n) is 12.8. The molecule has 3 nitrogen and oxygen atoms in total. The molecule has 0 unspecified atom stereocenters. The van der Waals surface area contributed by atoms with Crippen molar-refractivity contribution in [2.75, 3.05) is 14.2 Å². The third-order valence-electron chi connectivity index (χ3n) is 3.58. The van der Waals surface area contributed by atoms with Crippen LogP contribution in [0.25, 0.3) is 0 Å². The van der Waals surface area contributed by atoms with Gasteiger partial charge >= 0.3 is 18.9 Å². The molecule has 110 valence electrons. The Hall–Kier alpha value is -0.193. The predicted molar refractivity (Wildman–Crippen MR) is 82.7 cm³/mol. The van der Waals surface area contributed by atoms with Gasteiger partial charge in [0.25, 0.3) is 0 Å². The van der Waals surface area contributed by atoms with E-state index in [0.29, 0.717) is 27.7 Å². The van der Waals surface area contributed by atoms with E-state index >= 15 is 0 Å². The van der Waals surface area contributed by atoms with Crippen LogP contribution in [0.5, 0.6) is 11.5 Å². The van der Waals surface area contributed by atoms with Gasteiger partial charge in [0.15, 0.2) is 0 Å². The molecule has 21 heavy (non-hydrogen) atoms. The third-order valence-corrected chi connectivity index (χ3v) is 5.22. The molecule has 2 rings (SSSR count). The summed E-state index contributed by atoms with van der Waals surface area (Å²) in [5.74, 6) is 0.943. The Labute approximate surface area is 145 Å². The van der Waals surface area contributed by atoms with Gasteiger partial charge in [0.05, 0.1) is 24.8 Å². The summed E-state index contributed by atoms with van der Waals surface area (Å²) < 4.78 is 10.6. The van der Waals surface area contributed by atoms with Crippen molar-refractivity contribution in [3.8, 4) is 11.5 Å². The number of halogens is 1. The van der Waals surface area contributed by atoms with Gasteiger partial charge in [-0.1, -0.05) is 43.7 Å². The van der Waals surface area contributed by atoms with Crippen LogP contribution in [0.2, 0.25) is 5.02 Å². The van der Waals surface area contributed by atoms with Gasteiger partial charge in [-0.3, -0.25) is 0 Å². The SMILES string of the molecule is COc1ccc(Cl)c(OC)c1C(=O)[P-]C1CCCCC1.[Li+]. The van der Waals surface area contributed by atoms with Crippen LogP contribution in [0.15, 0.2) is 12.1 Å². The van der Waals surface area contributed by atoms with Crippen molar-refractivity contribution in [2.45, 2.75) is 37.8 Å². The van der Waals surface area contributed by atoms with Crippen LogP contribution < -0.4 is 28.3 Å². The number of benzene rings is 1. The standard InChI is InChI=1S/C15H19ClO3P.Li/c1-18-12-9-8-11(16)14(19-2)13(12)15(17)20-10-6-4-3-5-7-10;/h8-10H,3-7H2,1-2H3;/q-1;+1. The molecule has 0 amide bonds. The van der Waals surface area contributed by atoms with Crippen LogP contribution in [0.1, 0.15) is 42.5 Å². The van der Waals surface area contributed by atoms with E-state index in [9.17, 15) is 4.79 Å². The first-order chi connectivity index (χ1) is 9.67. The summed E-state index contributed by atoms with van der Waals surface area (Å²) in [4.78, 5) is 12.6. The predicted octanol–water partition coefficient (Wildman–Crippen LogP) is 1.78. The quantitative estimate of drug-likeness (QED) is 0.613. The summed E-state index contributed by atoms with van der Waals surface area (Å²) in [6.45, 7) is 0. The Kier molecular flexibility index (Phi) is 8.14. The molecule has 0 radical (unpaired) electrons.